The number of halogens is 2. The van der Waals surface area contributed by atoms with Crippen LogP contribution in [0.25, 0.3) is 0 Å². The lowest BCUT2D eigenvalue weighted by Crippen LogP contribution is -2.12. The van der Waals surface area contributed by atoms with E-state index in [2.05, 4.69) is 15.2 Å². The van der Waals surface area contributed by atoms with Gasteiger partial charge in [-0.15, -0.1) is 0 Å². The summed E-state index contributed by atoms with van der Waals surface area (Å²) in [6.07, 6.45) is 3.25. The summed E-state index contributed by atoms with van der Waals surface area (Å²) in [4.78, 5) is 12.3. The molecule has 0 aliphatic heterocycles. The van der Waals surface area contributed by atoms with Crippen LogP contribution in [0.4, 0.5) is 14.5 Å². The van der Waals surface area contributed by atoms with E-state index in [9.17, 15) is 13.6 Å². The van der Waals surface area contributed by atoms with Crippen molar-refractivity contribution in [2.45, 2.75) is 20.1 Å². The zero-order chi connectivity index (χ0) is 18.5. The Morgan fingerprint density at radius 3 is 2.81 bits per heavy atom. The van der Waals surface area contributed by atoms with E-state index in [1.54, 1.807) is 10.9 Å². The minimum atomic E-state index is -2.94. The zero-order valence-corrected chi connectivity index (χ0v) is 14.0. The molecule has 0 atom stereocenters. The Balaban J connectivity index is 1.67. The molecular weight excluding hydrogens is 340 g/mol. The second-order valence-corrected chi connectivity index (χ2v) is 5.71. The highest BCUT2D eigenvalue weighted by atomic mass is 19.3. The maximum Gasteiger partial charge on any atom is 0.387 e. The van der Waals surface area contributed by atoms with Crippen molar-refractivity contribution in [3.8, 4) is 5.75 Å². The summed E-state index contributed by atoms with van der Waals surface area (Å²) in [5, 5.41) is 6.93. The minimum Gasteiger partial charge on any atom is -0.435 e. The lowest BCUT2D eigenvalue weighted by Gasteiger charge is -2.07. The van der Waals surface area contributed by atoms with Crippen molar-refractivity contribution >= 4 is 11.6 Å². The van der Waals surface area contributed by atoms with Crippen LogP contribution in [0.5, 0.6) is 5.75 Å². The van der Waals surface area contributed by atoms with Crippen molar-refractivity contribution in [2.24, 2.45) is 0 Å². The Morgan fingerprint density at radius 2 is 2.04 bits per heavy atom. The highest BCUT2D eigenvalue weighted by Gasteiger charge is 2.11. The summed E-state index contributed by atoms with van der Waals surface area (Å²) in [5.41, 5.74) is 3.02. The molecule has 1 N–H and O–H groups in total. The highest BCUT2D eigenvalue weighted by molar-refractivity contribution is 6.04. The summed E-state index contributed by atoms with van der Waals surface area (Å²) < 4.78 is 30.6. The third-order valence-corrected chi connectivity index (χ3v) is 3.81. The summed E-state index contributed by atoms with van der Waals surface area (Å²) >= 11 is 0. The molecule has 26 heavy (non-hydrogen) atoms. The molecule has 3 aromatic rings. The van der Waals surface area contributed by atoms with Crippen molar-refractivity contribution in [1.82, 2.24) is 9.78 Å². The number of carbonyl (C=O) groups is 1. The number of nitrogens with zero attached hydrogens (tertiary/aromatic N) is 2. The van der Waals surface area contributed by atoms with Crippen LogP contribution in [0, 0.1) is 6.92 Å². The molecule has 1 heterocycles. The molecule has 134 valence electrons. The average molecular weight is 357 g/mol. The third-order valence-electron chi connectivity index (χ3n) is 3.81. The normalized spacial score (nSPS) is 10.8. The predicted molar refractivity (Wildman–Crippen MR) is 93.5 cm³/mol. The molecule has 7 heteroatoms. The molecule has 0 aliphatic carbocycles. The van der Waals surface area contributed by atoms with Gasteiger partial charge < -0.3 is 10.1 Å². The summed E-state index contributed by atoms with van der Waals surface area (Å²) in [5.74, 6) is -0.497. The predicted octanol–water partition coefficient (Wildman–Crippen LogP) is 4.09. The maximum absolute atomic E-state index is 12.3. The van der Waals surface area contributed by atoms with E-state index in [0.717, 1.165) is 11.1 Å². The van der Waals surface area contributed by atoms with Crippen molar-refractivity contribution in [3.63, 3.8) is 0 Å². The molecule has 0 radical (unpaired) electrons. The standard InChI is InChI=1S/C19H17F2N3O2/c1-13-5-2-3-6-15(13)11-24-12-16(10-22-24)23-18(25)14-7-4-8-17(9-14)26-19(20)21/h2-10,12,19H,11H2,1H3,(H,23,25). The largest absolute Gasteiger partial charge is 0.435 e. The van der Waals surface area contributed by atoms with Crippen molar-refractivity contribution in [2.75, 3.05) is 5.32 Å². The first-order chi connectivity index (χ1) is 12.5. The SMILES string of the molecule is Cc1ccccc1Cn1cc(NC(=O)c2cccc(OC(F)F)c2)cn1. The Hall–Kier alpha value is -3.22. The number of ether oxygens (including phenoxy) is 1. The van der Waals surface area contributed by atoms with Crippen LogP contribution in [0.2, 0.25) is 0 Å². The van der Waals surface area contributed by atoms with Crippen LogP contribution in [-0.4, -0.2) is 22.3 Å². The van der Waals surface area contributed by atoms with Crippen molar-refractivity contribution in [1.29, 1.82) is 0 Å². The number of carbonyl (C=O) groups excluding carboxylic acids is 1. The van der Waals surface area contributed by atoms with Crippen LogP contribution >= 0.6 is 0 Å². The fraction of sp³-hybridized carbons (Fsp3) is 0.158. The Morgan fingerprint density at radius 1 is 1.23 bits per heavy atom. The molecule has 2 aromatic carbocycles. The lowest BCUT2D eigenvalue weighted by atomic mass is 10.1. The van der Waals surface area contributed by atoms with Gasteiger partial charge in [0.2, 0.25) is 0 Å². The third kappa shape index (κ3) is 4.44. The number of aromatic nitrogens is 2. The second-order valence-electron chi connectivity index (χ2n) is 5.71. The molecule has 1 aromatic heterocycles. The Bertz CT molecular complexity index is 909. The Kier molecular flexibility index (Phi) is 5.26. The monoisotopic (exact) mass is 357 g/mol. The van der Waals surface area contributed by atoms with Gasteiger partial charge in [-0.3, -0.25) is 9.48 Å². The summed E-state index contributed by atoms with van der Waals surface area (Å²) in [6, 6.07) is 13.6. The van der Waals surface area contributed by atoms with Crippen LogP contribution < -0.4 is 10.1 Å². The summed E-state index contributed by atoms with van der Waals surface area (Å²) in [7, 11) is 0. The van der Waals surface area contributed by atoms with Gasteiger partial charge in [0.05, 0.1) is 18.4 Å². The van der Waals surface area contributed by atoms with Gasteiger partial charge in [-0.1, -0.05) is 30.3 Å². The fourth-order valence-electron chi connectivity index (χ4n) is 2.49. The molecule has 0 bridgehead atoms. The number of nitrogens with one attached hydrogen (secondary N) is 1. The topological polar surface area (TPSA) is 56.2 Å². The molecule has 0 fully saturated rings. The molecule has 0 saturated heterocycles. The molecule has 1 amide bonds. The van der Waals surface area contributed by atoms with Crippen molar-refractivity contribution < 1.29 is 18.3 Å². The molecule has 0 spiro atoms. The first-order valence-corrected chi connectivity index (χ1v) is 7.94. The average Bonchev–Trinajstić information content (AvgIpc) is 3.03. The minimum absolute atomic E-state index is 0.0668. The van der Waals surface area contributed by atoms with E-state index >= 15 is 0 Å². The van der Waals surface area contributed by atoms with Gasteiger partial charge in [-0.2, -0.15) is 13.9 Å². The zero-order valence-electron chi connectivity index (χ0n) is 14.0. The quantitative estimate of drug-likeness (QED) is 0.723. The van der Waals surface area contributed by atoms with E-state index in [1.807, 2.05) is 31.2 Å². The number of hydrogen-bond acceptors (Lipinski definition) is 3. The number of rotatable bonds is 6. The van der Waals surface area contributed by atoms with E-state index in [4.69, 9.17) is 0 Å². The highest BCUT2D eigenvalue weighted by Crippen LogP contribution is 2.17. The number of amides is 1. The van der Waals surface area contributed by atoms with Gasteiger partial charge >= 0.3 is 6.61 Å². The van der Waals surface area contributed by atoms with Crippen molar-refractivity contribution in [3.05, 3.63) is 77.6 Å². The number of hydrogen-bond donors (Lipinski definition) is 1. The van der Waals surface area contributed by atoms with Gasteiger partial charge in [-0.05, 0) is 36.2 Å². The number of anilines is 1. The van der Waals surface area contributed by atoms with Gasteiger partial charge in [0.15, 0.2) is 0 Å². The number of benzene rings is 2. The van der Waals surface area contributed by atoms with Gasteiger partial charge in [0, 0.05) is 11.8 Å². The van der Waals surface area contributed by atoms with E-state index < -0.39 is 12.5 Å². The molecule has 0 saturated carbocycles. The first kappa shape index (κ1) is 17.6. The smallest absolute Gasteiger partial charge is 0.387 e. The Labute approximate surface area is 149 Å². The first-order valence-electron chi connectivity index (χ1n) is 7.94. The molecule has 3 rings (SSSR count). The molecular formula is C19H17F2N3O2. The number of alkyl halides is 2. The van der Waals surface area contributed by atoms with Gasteiger partial charge in [-0.25, -0.2) is 0 Å². The summed E-state index contributed by atoms with van der Waals surface area (Å²) in [6.45, 7) is -0.330. The van der Waals surface area contributed by atoms with E-state index in [-0.39, 0.29) is 11.3 Å². The van der Waals surface area contributed by atoms with E-state index in [0.29, 0.717) is 12.2 Å². The van der Waals surface area contributed by atoms with Crippen LogP contribution in [0.3, 0.4) is 0 Å². The van der Waals surface area contributed by atoms with Gasteiger partial charge in [0.25, 0.3) is 5.91 Å². The van der Waals surface area contributed by atoms with Gasteiger partial charge in [0.1, 0.15) is 5.75 Å². The number of aryl methyl sites for hydroxylation is 1. The molecule has 0 unspecified atom stereocenters. The molecule has 5 nitrogen and oxygen atoms in total. The van der Waals surface area contributed by atoms with Crippen LogP contribution in [0.1, 0.15) is 21.5 Å². The van der Waals surface area contributed by atoms with Crippen LogP contribution in [0.15, 0.2) is 60.9 Å². The lowest BCUT2D eigenvalue weighted by molar-refractivity contribution is -0.0498. The van der Waals surface area contributed by atoms with Crippen LogP contribution in [-0.2, 0) is 6.54 Å². The van der Waals surface area contributed by atoms with E-state index in [1.165, 1.54) is 30.5 Å². The fourth-order valence-corrected chi connectivity index (χ4v) is 2.49. The second kappa shape index (κ2) is 7.77. The maximum atomic E-state index is 12.3. The molecule has 0 aliphatic rings.